The molecule has 1 aliphatic heterocycles. The number of hydrogen-bond donors (Lipinski definition) is 1. The van der Waals surface area contributed by atoms with E-state index in [1.165, 1.54) is 0 Å². The van der Waals surface area contributed by atoms with Gasteiger partial charge in [-0.05, 0) is 26.0 Å². The summed E-state index contributed by atoms with van der Waals surface area (Å²) in [7, 11) is 0. The van der Waals surface area contributed by atoms with Gasteiger partial charge < -0.3 is 5.32 Å². The molecule has 1 aliphatic rings. The van der Waals surface area contributed by atoms with Crippen LogP contribution in [0.3, 0.4) is 0 Å². The van der Waals surface area contributed by atoms with E-state index in [9.17, 15) is 4.79 Å². The normalized spacial score (nSPS) is 22.4. The third-order valence-corrected chi connectivity index (χ3v) is 3.26. The molecular formula is C10H15NOS. The largest absolute Gasteiger partial charge is 0.340 e. The molecule has 0 aromatic rings. The first kappa shape index (κ1) is 10.5. The minimum Gasteiger partial charge on any atom is -0.340 e. The molecule has 1 atom stereocenters. The first-order valence-electron chi connectivity index (χ1n) is 4.43. The second-order valence-electron chi connectivity index (χ2n) is 3.82. The van der Waals surface area contributed by atoms with Crippen molar-refractivity contribution in [1.82, 2.24) is 5.32 Å². The number of terminal acetylenes is 1. The maximum Gasteiger partial charge on any atom is 0.225 e. The Morgan fingerprint density at radius 1 is 1.69 bits per heavy atom. The lowest BCUT2D eigenvalue weighted by Gasteiger charge is -2.21. The molecule has 0 spiro atoms. The highest BCUT2D eigenvalue weighted by atomic mass is 32.2. The van der Waals surface area contributed by atoms with Crippen molar-refractivity contribution in [2.75, 3.05) is 11.5 Å². The fraction of sp³-hybridized carbons (Fsp3) is 0.700. The van der Waals surface area contributed by atoms with Gasteiger partial charge in [0, 0.05) is 11.7 Å². The summed E-state index contributed by atoms with van der Waals surface area (Å²) in [6.45, 7) is 3.68. The van der Waals surface area contributed by atoms with E-state index in [0.29, 0.717) is 0 Å². The molecule has 1 heterocycles. The molecule has 3 heteroatoms. The van der Waals surface area contributed by atoms with Gasteiger partial charge in [-0.15, -0.1) is 6.42 Å². The Morgan fingerprint density at radius 2 is 2.38 bits per heavy atom. The van der Waals surface area contributed by atoms with E-state index in [4.69, 9.17) is 6.42 Å². The minimum absolute atomic E-state index is 0.105. The Hall–Kier alpha value is -0.620. The van der Waals surface area contributed by atoms with Gasteiger partial charge in [-0.25, -0.2) is 0 Å². The Morgan fingerprint density at radius 3 is 2.85 bits per heavy atom. The van der Waals surface area contributed by atoms with Crippen LogP contribution in [-0.2, 0) is 4.79 Å². The van der Waals surface area contributed by atoms with Crippen molar-refractivity contribution in [2.45, 2.75) is 25.8 Å². The summed E-state index contributed by atoms with van der Waals surface area (Å²) < 4.78 is 0. The number of amides is 1. The molecular weight excluding hydrogens is 182 g/mol. The van der Waals surface area contributed by atoms with E-state index >= 15 is 0 Å². The third-order valence-electron chi connectivity index (χ3n) is 2.10. The SMILES string of the molecule is C#CC(C)(C)NC(=O)C1CCSC1. The van der Waals surface area contributed by atoms with Gasteiger partial charge in [-0.1, -0.05) is 5.92 Å². The maximum absolute atomic E-state index is 11.6. The molecule has 13 heavy (non-hydrogen) atoms. The van der Waals surface area contributed by atoms with E-state index in [2.05, 4.69) is 11.2 Å². The van der Waals surface area contributed by atoms with Crippen LogP contribution in [-0.4, -0.2) is 23.0 Å². The Labute approximate surface area is 83.9 Å². The summed E-state index contributed by atoms with van der Waals surface area (Å²) in [5.74, 6) is 4.85. The Kier molecular flexibility index (Phi) is 3.27. The van der Waals surface area contributed by atoms with E-state index in [0.717, 1.165) is 17.9 Å². The highest BCUT2D eigenvalue weighted by Gasteiger charge is 2.26. The van der Waals surface area contributed by atoms with Gasteiger partial charge >= 0.3 is 0 Å². The summed E-state index contributed by atoms with van der Waals surface area (Å²) in [6.07, 6.45) is 6.27. The lowest BCUT2D eigenvalue weighted by atomic mass is 10.0. The van der Waals surface area contributed by atoms with Crippen molar-refractivity contribution < 1.29 is 4.79 Å². The summed E-state index contributed by atoms with van der Waals surface area (Å²) in [4.78, 5) is 11.6. The summed E-state index contributed by atoms with van der Waals surface area (Å²) in [6, 6.07) is 0. The van der Waals surface area contributed by atoms with Crippen LogP contribution in [0.5, 0.6) is 0 Å². The number of carbonyl (C=O) groups is 1. The van der Waals surface area contributed by atoms with E-state index < -0.39 is 5.54 Å². The monoisotopic (exact) mass is 197 g/mol. The Balaban J connectivity index is 2.45. The van der Waals surface area contributed by atoms with Crippen LogP contribution in [0, 0.1) is 18.3 Å². The highest BCUT2D eigenvalue weighted by Crippen LogP contribution is 2.23. The fourth-order valence-corrected chi connectivity index (χ4v) is 2.41. The van der Waals surface area contributed by atoms with Crippen LogP contribution in [0.1, 0.15) is 20.3 Å². The highest BCUT2D eigenvalue weighted by molar-refractivity contribution is 7.99. The van der Waals surface area contributed by atoms with E-state index in [1.807, 2.05) is 25.6 Å². The molecule has 0 saturated carbocycles. The third kappa shape index (κ3) is 2.96. The van der Waals surface area contributed by atoms with Gasteiger partial charge in [0.25, 0.3) is 0 Å². The molecule has 2 nitrogen and oxygen atoms in total. The van der Waals surface area contributed by atoms with E-state index in [-0.39, 0.29) is 11.8 Å². The number of nitrogens with one attached hydrogen (secondary N) is 1. The van der Waals surface area contributed by atoms with Crippen LogP contribution in [0.2, 0.25) is 0 Å². The molecule has 0 bridgehead atoms. The van der Waals surface area contributed by atoms with Crippen molar-refractivity contribution in [2.24, 2.45) is 5.92 Å². The van der Waals surface area contributed by atoms with Crippen LogP contribution in [0.15, 0.2) is 0 Å². The predicted molar refractivity (Wildman–Crippen MR) is 56.5 cm³/mol. The Bertz CT molecular complexity index is 236. The lowest BCUT2D eigenvalue weighted by molar-refractivity contribution is -0.125. The van der Waals surface area contributed by atoms with Crippen molar-refractivity contribution in [3.8, 4) is 12.3 Å². The smallest absolute Gasteiger partial charge is 0.225 e. The topological polar surface area (TPSA) is 29.1 Å². The average molecular weight is 197 g/mol. The van der Waals surface area contributed by atoms with Crippen LogP contribution in [0.25, 0.3) is 0 Å². The van der Waals surface area contributed by atoms with Crippen LogP contribution < -0.4 is 5.32 Å². The molecule has 1 N–H and O–H groups in total. The van der Waals surface area contributed by atoms with Crippen LogP contribution >= 0.6 is 11.8 Å². The first-order chi connectivity index (χ1) is 6.05. The van der Waals surface area contributed by atoms with Gasteiger partial charge in [0.2, 0.25) is 5.91 Å². The number of carbonyl (C=O) groups excluding carboxylic acids is 1. The zero-order valence-electron chi connectivity index (χ0n) is 8.09. The molecule has 72 valence electrons. The molecule has 1 rings (SSSR count). The summed E-state index contributed by atoms with van der Waals surface area (Å²) in [5.41, 5.74) is -0.510. The van der Waals surface area contributed by atoms with Crippen molar-refractivity contribution in [3.05, 3.63) is 0 Å². The minimum atomic E-state index is -0.510. The fourth-order valence-electron chi connectivity index (χ4n) is 1.19. The predicted octanol–water partition coefficient (Wildman–Crippen LogP) is 1.27. The number of hydrogen-bond acceptors (Lipinski definition) is 2. The van der Waals surface area contributed by atoms with Crippen molar-refractivity contribution in [1.29, 1.82) is 0 Å². The second kappa shape index (κ2) is 4.06. The van der Waals surface area contributed by atoms with Crippen LogP contribution in [0.4, 0.5) is 0 Å². The lowest BCUT2D eigenvalue weighted by Crippen LogP contribution is -2.45. The molecule has 1 unspecified atom stereocenters. The molecule has 1 fully saturated rings. The zero-order chi connectivity index (χ0) is 9.90. The standard InChI is InChI=1S/C10H15NOS/c1-4-10(2,3)11-9(12)8-5-6-13-7-8/h1,8H,5-7H2,2-3H3,(H,11,12). The molecule has 0 radical (unpaired) electrons. The number of thioether (sulfide) groups is 1. The molecule has 1 saturated heterocycles. The molecule has 1 amide bonds. The zero-order valence-corrected chi connectivity index (χ0v) is 8.91. The number of rotatable bonds is 2. The molecule has 0 aliphatic carbocycles. The van der Waals surface area contributed by atoms with E-state index in [1.54, 1.807) is 0 Å². The van der Waals surface area contributed by atoms with Crippen molar-refractivity contribution >= 4 is 17.7 Å². The second-order valence-corrected chi connectivity index (χ2v) is 4.97. The van der Waals surface area contributed by atoms with Gasteiger partial charge in [0.15, 0.2) is 0 Å². The summed E-state index contributed by atoms with van der Waals surface area (Å²) in [5, 5.41) is 2.86. The van der Waals surface area contributed by atoms with Gasteiger partial charge in [0.1, 0.15) is 0 Å². The summed E-state index contributed by atoms with van der Waals surface area (Å²) >= 11 is 1.83. The molecule has 0 aromatic heterocycles. The average Bonchev–Trinajstić information content (AvgIpc) is 2.55. The quantitative estimate of drug-likeness (QED) is 0.675. The molecule has 0 aromatic carbocycles. The van der Waals surface area contributed by atoms with Crippen molar-refractivity contribution in [3.63, 3.8) is 0 Å². The first-order valence-corrected chi connectivity index (χ1v) is 5.58. The van der Waals surface area contributed by atoms with Gasteiger partial charge in [-0.2, -0.15) is 11.8 Å². The maximum atomic E-state index is 11.6. The van der Waals surface area contributed by atoms with Gasteiger partial charge in [0.05, 0.1) is 5.54 Å². The van der Waals surface area contributed by atoms with Gasteiger partial charge in [-0.3, -0.25) is 4.79 Å².